The zero-order valence-electron chi connectivity index (χ0n) is 11.8. The fourth-order valence-corrected chi connectivity index (χ4v) is 3.63. The van der Waals surface area contributed by atoms with Crippen LogP contribution in [0.2, 0.25) is 0 Å². The van der Waals surface area contributed by atoms with E-state index in [1.165, 1.54) is 28.9 Å². The quantitative estimate of drug-likeness (QED) is 0.893. The number of nitrogens with one attached hydrogen (secondary N) is 1. The highest BCUT2D eigenvalue weighted by molar-refractivity contribution is 5.61. The van der Waals surface area contributed by atoms with Gasteiger partial charge in [0.2, 0.25) is 0 Å². The van der Waals surface area contributed by atoms with E-state index in [1.807, 2.05) is 0 Å². The summed E-state index contributed by atoms with van der Waals surface area (Å²) in [7, 11) is 0. The van der Waals surface area contributed by atoms with Crippen molar-refractivity contribution in [3.63, 3.8) is 0 Å². The lowest BCUT2D eigenvalue weighted by atomic mass is 10.1. The summed E-state index contributed by atoms with van der Waals surface area (Å²) in [5, 5.41) is 3.67. The van der Waals surface area contributed by atoms with Crippen LogP contribution in [-0.4, -0.2) is 18.6 Å². The molecule has 2 unspecified atom stereocenters. The smallest absolute Gasteiger partial charge is 0.0477 e. The van der Waals surface area contributed by atoms with Gasteiger partial charge in [-0.05, 0) is 43.0 Å². The van der Waals surface area contributed by atoms with Gasteiger partial charge in [-0.1, -0.05) is 36.4 Å². The summed E-state index contributed by atoms with van der Waals surface area (Å²) in [4.78, 5) is 2.57. The zero-order valence-corrected chi connectivity index (χ0v) is 11.8. The molecule has 1 N–H and O–H groups in total. The predicted octanol–water partition coefficient (Wildman–Crippen LogP) is 3.47. The molecule has 2 aromatic carbocycles. The molecule has 4 rings (SSSR count). The van der Waals surface area contributed by atoms with Gasteiger partial charge in [0.25, 0.3) is 0 Å². The number of hydrogen-bond acceptors (Lipinski definition) is 2. The Balaban J connectivity index is 1.54. The molecule has 2 aromatic rings. The number of fused-ring (bicyclic) bond motifs is 2. The highest BCUT2D eigenvalue weighted by atomic mass is 15.2. The Hall–Kier alpha value is -1.96. The van der Waals surface area contributed by atoms with Gasteiger partial charge < -0.3 is 10.2 Å². The lowest BCUT2D eigenvalue weighted by Crippen LogP contribution is -2.39. The van der Waals surface area contributed by atoms with E-state index in [2.05, 4.69) is 65.7 Å². The molecule has 0 aliphatic carbocycles. The molecule has 102 valence electrons. The van der Waals surface area contributed by atoms with Crippen molar-refractivity contribution < 1.29 is 0 Å². The first-order chi connectivity index (χ1) is 9.81. The zero-order chi connectivity index (χ0) is 13.5. The summed E-state index contributed by atoms with van der Waals surface area (Å²) in [6.07, 6.45) is 2.32. The lowest BCUT2D eigenvalue weighted by Gasteiger charge is -2.28. The Morgan fingerprint density at radius 1 is 1.00 bits per heavy atom. The van der Waals surface area contributed by atoms with Crippen LogP contribution < -0.4 is 10.2 Å². The minimum atomic E-state index is 0.529. The Morgan fingerprint density at radius 3 is 2.60 bits per heavy atom. The Morgan fingerprint density at radius 2 is 1.75 bits per heavy atom. The van der Waals surface area contributed by atoms with E-state index in [1.54, 1.807) is 0 Å². The van der Waals surface area contributed by atoms with Crippen molar-refractivity contribution in [1.29, 1.82) is 0 Å². The van der Waals surface area contributed by atoms with Gasteiger partial charge in [-0.15, -0.1) is 0 Å². The minimum Gasteiger partial charge on any atom is -0.380 e. The summed E-state index contributed by atoms with van der Waals surface area (Å²) in [5.41, 5.74) is 5.70. The van der Waals surface area contributed by atoms with E-state index >= 15 is 0 Å². The maximum atomic E-state index is 3.67. The van der Waals surface area contributed by atoms with Crippen molar-refractivity contribution in [2.75, 3.05) is 16.8 Å². The Kier molecular flexibility index (Phi) is 2.69. The van der Waals surface area contributed by atoms with E-state index in [4.69, 9.17) is 0 Å². The van der Waals surface area contributed by atoms with Crippen LogP contribution in [-0.2, 0) is 12.8 Å². The summed E-state index contributed by atoms with van der Waals surface area (Å²) in [6, 6.07) is 18.7. The number of benzene rings is 2. The highest BCUT2D eigenvalue weighted by Gasteiger charge is 2.29. The molecule has 0 bridgehead atoms. The van der Waals surface area contributed by atoms with Crippen LogP contribution in [0.1, 0.15) is 18.1 Å². The molecule has 0 spiro atoms. The second-order valence-electron chi connectivity index (χ2n) is 6.04. The predicted molar refractivity (Wildman–Crippen MR) is 84.5 cm³/mol. The highest BCUT2D eigenvalue weighted by Crippen LogP contribution is 2.33. The van der Waals surface area contributed by atoms with Crippen LogP contribution in [0.15, 0.2) is 48.5 Å². The molecule has 20 heavy (non-hydrogen) atoms. The number of para-hydroxylation sites is 2. The molecule has 2 atom stereocenters. The van der Waals surface area contributed by atoms with Gasteiger partial charge in [0.15, 0.2) is 0 Å². The van der Waals surface area contributed by atoms with E-state index in [0.29, 0.717) is 12.1 Å². The molecule has 0 radical (unpaired) electrons. The van der Waals surface area contributed by atoms with Crippen LogP contribution in [0, 0.1) is 0 Å². The molecule has 2 heterocycles. The summed E-state index contributed by atoms with van der Waals surface area (Å²) in [5.74, 6) is 0. The second kappa shape index (κ2) is 4.55. The number of nitrogens with zero attached hydrogens (tertiary/aromatic N) is 1. The summed E-state index contributed by atoms with van der Waals surface area (Å²) >= 11 is 0. The first-order valence-corrected chi connectivity index (χ1v) is 7.50. The maximum absolute atomic E-state index is 3.67. The van der Waals surface area contributed by atoms with Crippen molar-refractivity contribution >= 4 is 11.4 Å². The largest absolute Gasteiger partial charge is 0.380 e. The summed E-state index contributed by atoms with van der Waals surface area (Å²) < 4.78 is 0. The number of rotatable bonds is 2. The van der Waals surface area contributed by atoms with E-state index in [-0.39, 0.29) is 0 Å². The third-order valence-corrected chi connectivity index (χ3v) is 4.61. The van der Waals surface area contributed by atoms with Gasteiger partial charge in [0.1, 0.15) is 0 Å². The molecule has 0 saturated heterocycles. The monoisotopic (exact) mass is 264 g/mol. The molecular formula is C18H20N2. The lowest BCUT2D eigenvalue weighted by molar-refractivity contribution is 0.622. The van der Waals surface area contributed by atoms with Gasteiger partial charge in [0.05, 0.1) is 0 Å². The number of hydrogen-bond donors (Lipinski definition) is 1. The van der Waals surface area contributed by atoms with Crippen LogP contribution >= 0.6 is 0 Å². The first kappa shape index (κ1) is 11.8. The Bertz CT molecular complexity index is 610. The van der Waals surface area contributed by atoms with Crippen LogP contribution in [0.3, 0.4) is 0 Å². The van der Waals surface area contributed by atoms with Crippen molar-refractivity contribution in [3.05, 3.63) is 59.7 Å². The molecule has 0 aromatic heterocycles. The third kappa shape index (κ3) is 1.87. The first-order valence-electron chi connectivity index (χ1n) is 7.50. The molecule has 2 aliphatic rings. The second-order valence-corrected chi connectivity index (χ2v) is 6.04. The molecule has 0 fully saturated rings. The fourth-order valence-electron chi connectivity index (χ4n) is 3.63. The van der Waals surface area contributed by atoms with Crippen molar-refractivity contribution in [2.24, 2.45) is 0 Å². The van der Waals surface area contributed by atoms with Gasteiger partial charge in [-0.3, -0.25) is 0 Å². The maximum Gasteiger partial charge on any atom is 0.0477 e. The van der Waals surface area contributed by atoms with Crippen molar-refractivity contribution in [3.8, 4) is 0 Å². The van der Waals surface area contributed by atoms with Crippen molar-refractivity contribution in [1.82, 2.24) is 0 Å². The van der Waals surface area contributed by atoms with Crippen LogP contribution in [0.5, 0.6) is 0 Å². The SMILES string of the molecule is CC1Cc2ccccc2N1CC1Cc2ccccc2N1. The van der Waals surface area contributed by atoms with Crippen LogP contribution in [0.25, 0.3) is 0 Å². The van der Waals surface area contributed by atoms with E-state index in [0.717, 1.165) is 13.0 Å². The molecule has 2 heteroatoms. The number of anilines is 2. The fraction of sp³-hybridized carbons (Fsp3) is 0.333. The van der Waals surface area contributed by atoms with E-state index < -0.39 is 0 Å². The average molecular weight is 264 g/mol. The van der Waals surface area contributed by atoms with Gasteiger partial charge in [0, 0.05) is 30.0 Å². The standard InChI is InChI=1S/C18H20N2/c1-13-10-15-7-3-5-9-18(15)20(13)12-16-11-14-6-2-4-8-17(14)19-16/h2-9,13,16,19H,10-12H2,1H3. The Labute approximate surface area is 120 Å². The molecule has 2 nitrogen and oxygen atoms in total. The normalized spacial score (nSPS) is 23.4. The van der Waals surface area contributed by atoms with Gasteiger partial charge in [-0.25, -0.2) is 0 Å². The molecular weight excluding hydrogens is 244 g/mol. The van der Waals surface area contributed by atoms with E-state index in [9.17, 15) is 0 Å². The molecule has 0 amide bonds. The van der Waals surface area contributed by atoms with Crippen molar-refractivity contribution in [2.45, 2.75) is 31.8 Å². The summed E-state index contributed by atoms with van der Waals surface area (Å²) in [6.45, 7) is 3.43. The minimum absolute atomic E-state index is 0.529. The molecule has 2 aliphatic heterocycles. The average Bonchev–Trinajstić information content (AvgIpc) is 3.00. The molecule has 0 saturated carbocycles. The third-order valence-electron chi connectivity index (χ3n) is 4.61. The van der Waals surface area contributed by atoms with Gasteiger partial charge in [-0.2, -0.15) is 0 Å². The van der Waals surface area contributed by atoms with Crippen LogP contribution in [0.4, 0.5) is 11.4 Å². The van der Waals surface area contributed by atoms with Gasteiger partial charge >= 0.3 is 0 Å². The topological polar surface area (TPSA) is 15.3 Å².